The Hall–Kier alpha value is -3.39. The highest BCUT2D eigenvalue weighted by molar-refractivity contribution is 5.91. The molecule has 8 heteroatoms. The molecule has 2 aromatic carbocycles. The van der Waals surface area contributed by atoms with Crippen molar-refractivity contribution in [3.8, 4) is 11.1 Å². The molecule has 1 saturated carbocycles. The molecule has 2 aromatic rings. The Kier molecular flexibility index (Phi) is 6.00. The third-order valence-electron chi connectivity index (χ3n) is 7.29. The number of aliphatic carboxylic acids is 1. The second-order valence-corrected chi connectivity index (χ2v) is 9.29. The van der Waals surface area contributed by atoms with Gasteiger partial charge in [-0.2, -0.15) is 0 Å². The van der Waals surface area contributed by atoms with E-state index in [0.29, 0.717) is 25.9 Å². The number of carboxylic acid groups (broad SMARTS) is 1. The number of nitrogens with one attached hydrogen (secondary N) is 2. The van der Waals surface area contributed by atoms with Crippen LogP contribution in [0.3, 0.4) is 0 Å². The smallest absolute Gasteiger partial charge is 0.408 e. The van der Waals surface area contributed by atoms with Gasteiger partial charge in [0.1, 0.15) is 12.1 Å². The topological polar surface area (TPSA) is 114 Å². The summed E-state index contributed by atoms with van der Waals surface area (Å²) in [6.45, 7) is 0.486. The fraction of sp³-hybridized carbons (Fsp3) is 0.423. The Morgan fingerprint density at radius 3 is 2.32 bits per heavy atom. The van der Waals surface area contributed by atoms with Crippen molar-refractivity contribution >= 4 is 18.0 Å². The lowest BCUT2D eigenvalue weighted by Crippen LogP contribution is -2.61. The number of carboxylic acids is 1. The van der Waals surface area contributed by atoms with Crippen LogP contribution >= 0.6 is 0 Å². The lowest BCUT2D eigenvalue weighted by Gasteiger charge is -2.30. The van der Waals surface area contributed by atoms with E-state index >= 15 is 0 Å². The average molecular weight is 465 g/mol. The lowest BCUT2D eigenvalue weighted by atomic mass is 9.95. The first kappa shape index (κ1) is 22.4. The molecule has 3 N–H and O–H groups in total. The summed E-state index contributed by atoms with van der Waals surface area (Å²) < 4.78 is 11.1. The highest BCUT2D eigenvalue weighted by Crippen LogP contribution is 2.44. The third kappa shape index (κ3) is 4.03. The molecule has 0 aromatic heterocycles. The molecule has 178 valence electrons. The van der Waals surface area contributed by atoms with Gasteiger partial charge in [0.2, 0.25) is 5.91 Å². The molecule has 0 bridgehead atoms. The van der Waals surface area contributed by atoms with Gasteiger partial charge < -0.3 is 25.2 Å². The van der Waals surface area contributed by atoms with E-state index in [9.17, 15) is 19.5 Å². The second kappa shape index (κ2) is 9.10. The minimum atomic E-state index is -1.27. The van der Waals surface area contributed by atoms with E-state index in [1.54, 1.807) is 0 Å². The number of rotatable bonds is 6. The van der Waals surface area contributed by atoms with Gasteiger partial charge in [0.15, 0.2) is 0 Å². The van der Waals surface area contributed by atoms with Crippen LogP contribution in [0.1, 0.15) is 42.7 Å². The maximum absolute atomic E-state index is 13.2. The number of hydrogen-bond acceptors (Lipinski definition) is 5. The Balaban J connectivity index is 1.26. The summed E-state index contributed by atoms with van der Waals surface area (Å²) in [5.41, 5.74) is 3.21. The Labute approximate surface area is 197 Å². The number of fused-ring (bicyclic) bond motifs is 3. The number of carbonyl (C=O) groups is 3. The van der Waals surface area contributed by atoms with Gasteiger partial charge in [-0.15, -0.1) is 0 Å². The van der Waals surface area contributed by atoms with Crippen LogP contribution in [0.25, 0.3) is 11.1 Å². The van der Waals surface area contributed by atoms with Gasteiger partial charge in [0, 0.05) is 25.0 Å². The number of carbonyl (C=O) groups excluding carboxylic acids is 2. The first-order chi connectivity index (χ1) is 16.5. The molecule has 8 nitrogen and oxygen atoms in total. The van der Waals surface area contributed by atoms with Gasteiger partial charge in [0.25, 0.3) is 0 Å². The molecule has 3 unspecified atom stereocenters. The van der Waals surface area contributed by atoms with Crippen LogP contribution in [-0.2, 0) is 19.1 Å². The van der Waals surface area contributed by atoms with E-state index in [1.165, 1.54) is 0 Å². The van der Waals surface area contributed by atoms with Crippen LogP contribution in [0, 0.1) is 5.92 Å². The Bertz CT molecular complexity index is 1060. The lowest BCUT2D eigenvalue weighted by molar-refractivity contribution is -0.142. The number of benzene rings is 2. The van der Waals surface area contributed by atoms with Crippen molar-refractivity contribution in [2.75, 3.05) is 19.8 Å². The van der Waals surface area contributed by atoms with E-state index in [4.69, 9.17) is 9.47 Å². The zero-order valence-corrected chi connectivity index (χ0v) is 18.8. The van der Waals surface area contributed by atoms with Gasteiger partial charge >= 0.3 is 12.1 Å². The highest BCUT2D eigenvalue weighted by Gasteiger charge is 2.46. The summed E-state index contributed by atoms with van der Waals surface area (Å²) in [4.78, 5) is 37.5. The number of ether oxygens (including phenoxy) is 2. The molecule has 0 radical (unpaired) electrons. The average Bonchev–Trinajstić information content (AvgIpc) is 3.56. The van der Waals surface area contributed by atoms with Gasteiger partial charge in [0.05, 0.1) is 12.5 Å². The molecule has 1 saturated heterocycles. The molecular formula is C26H28N2O6. The molecule has 1 aliphatic heterocycles. The Morgan fingerprint density at radius 1 is 1.03 bits per heavy atom. The standard InChI is InChI=1S/C26H28N2O6/c29-23(30)20-10-5-11-22(20)27-24(31)26(12-13-33-15-26)28-25(32)34-14-21-18-8-3-1-6-16(18)17-7-2-4-9-19(17)21/h1-4,6-9,20-22H,5,10-15H2,(H,27,31)(H,28,32)(H,29,30). The number of amides is 2. The minimum Gasteiger partial charge on any atom is -0.481 e. The first-order valence-corrected chi connectivity index (χ1v) is 11.7. The first-order valence-electron chi connectivity index (χ1n) is 11.7. The van der Waals surface area contributed by atoms with Crippen molar-refractivity contribution in [3.63, 3.8) is 0 Å². The molecule has 0 spiro atoms. The zero-order valence-electron chi connectivity index (χ0n) is 18.8. The second-order valence-electron chi connectivity index (χ2n) is 9.29. The van der Waals surface area contributed by atoms with Crippen LogP contribution < -0.4 is 10.6 Å². The van der Waals surface area contributed by atoms with Crippen LogP contribution in [-0.4, -0.2) is 54.5 Å². The van der Waals surface area contributed by atoms with Gasteiger partial charge in [-0.1, -0.05) is 55.0 Å². The summed E-state index contributed by atoms with van der Waals surface area (Å²) in [6, 6.07) is 15.7. The van der Waals surface area contributed by atoms with Crippen LogP contribution in [0.4, 0.5) is 4.79 Å². The summed E-state index contributed by atoms with van der Waals surface area (Å²) >= 11 is 0. The molecule has 3 aliphatic rings. The molecular weight excluding hydrogens is 436 g/mol. The van der Waals surface area contributed by atoms with Gasteiger partial charge in [-0.3, -0.25) is 9.59 Å². The summed E-state index contributed by atoms with van der Waals surface area (Å²) in [6.07, 6.45) is 1.48. The molecule has 1 heterocycles. The maximum Gasteiger partial charge on any atom is 0.408 e. The van der Waals surface area contributed by atoms with Crippen molar-refractivity contribution in [2.45, 2.75) is 43.2 Å². The maximum atomic E-state index is 13.2. The summed E-state index contributed by atoms with van der Waals surface area (Å²) in [5.74, 6) is -2.03. The highest BCUT2D eigenvalue weighted by atomic mass is 16.6. The molecule has 2 amide bonds. The molecule has 2 fully saturated rings. The van der Waals surface area contributed by atoms with E-state index in [-0.39, 0.29) is 19.1 Å². The minimum absolute atomic E-state index is 0.0213. The van der Waals surface area contributed by atoms with Crippen LogP contribution in [0.5, 0.6) is 0 Å². The normalized spacial score (nSPS) is 25.4. The van der Waals surface area contributed by atoms with E-state index in [0.717, 1.165) is 28.7 Å². The molecule has 2 aliphatic carbocycles. The van der Waals surface area contributed by atoms with Crippen molar-refractivity contribution in [2.24, 2.45) is 5.92 Å². The van der Waals surface area contributed by atoms with Crippen LogP contribution in [0.2, 0.25) is 0 Å². The SMILES string of the molecule is O=C(NC1(C(=O)NC2CCCC2C(=O)O)CCOC1)OCC1c2ccccc2-c2ccccc21. The molecule has 34 heavy (non-hydrogen) atoms. The van der Waals surface area contributed by atoms with Crippen molar-refractivity contribution in [1.29, 1.82) is 0 Å². The van der Waals surface area contributed by atoms with Crippen molar-refractivity contribution < 1.29 is 29.0 Å². The molecule has 5 rings (SSSR count). The van der Waals surface area contributed by atoms with Crippen molar-refractivity contribution in [1.82, 2.24) is 10.6 Å². The summed E-state index contributed by atoms with van der Waals surface area (Å²) in [5, 5.41) is 15.0. The van der Waals surface area contributed by atoms with E-state index in [2.05, 4.69) is 22.8 Å². The molecule has 3 atom stereocenters. The zero-order chi connectivity index (χ0) is 23.7. The fourth-order valence-corrected chi connectivity index (χ4v) is 5.46. The van der Waals surface area contributed by atoms with E-state index < -0.39 is 35.5 Å². The Morgan fingerprint density at radius 2 is 1.71 bits per heavy atom. The monoisotopic (exact) mass is 464 g/mol. The van der Waals surface area contributed by atoms with Gasteiger partial charge in [-0.25, -0.2) is 4.79 Å². The third-order valence-corrected chi connectivity index (χ3v) is 7.29. The summed E-state index contributed by atoms with van der Waals surface area (Å²) in [7, 11) is 0. The van der Waals surface area contributed by atoms with Crippen molar-refractivity contribution in [3.05, 3.63) is 59.7 Å². The van der Waals surface area contributed by atoms with E-state index in [1.807, 2.05) is 36.4 Å². The van der Waals surface area contributed by atoms with Crippen LogP contribution in [0.15, 0.2) is 48.5 Å². The predicted molar refractivity (Wildman–Crippen MR) is 123 cm³/mol. The van der Waals surface area contributed by atoms with Gasteiger partial charge in [-0.05, 0) is 35.1 Å². The quantitative estimate of drug-likeness (QED) is 0.606. The number of hydrogen-bond donors (Lipinski definition) is 3. The largest absolute Gasteiger partial charge is 0.481 e. The number of alkyl carbamates (subject to hydrolysis) is 1. The predicted octanol–water partition coefficient (Wildman–Crippen LogP) is 3.05. The fourth-order valence-electron chi connectivity index (χ4n) is 5.46.